The minimum Gasteiger partial charge on any atom is -0.367 e. The molecule has 4 aliphatic heterocycles. The van der Waals surface area contributed by atoms with Crippen LogP contribution in [0.15, 0.2) is 24.4 Å². The zero-order valence-corrected chi connectivity index (χ0v) is 11.4. The number of fused-ring (bicyclic) bond motifs is 1. The van der Waals surface area contributed by atoms with E-state index in [1.165, 1.54) is 12.2 Å². The van der Waals surface area contributed by atoms with Crippen LogP contribution in [0, 0.1) is 11.3 Å². The zero-order valence-electron chi connectivity index (χ0n) is 11.4. The summed E-state index contributed by atoms with van der Waals surface area (Å²) in [6.07, 6.45) is 2.80. The summed E-state index contributed by atoms with van der Waals surface area (Å²) in [5.74, 6) is -1.75. The maximum absolute atomic E-state index is 12.9. The summed E-state index contributed by atoms with van der Waals surface area (Å²) in [6, 6.07) is 0. The summed E-state index contributed by atoms with van der Waals surface area (Å²) >= 11 is 0. The van der Waals surface area contributed by atoms with Gasteiger partial charge in [0.1, 0.15) is 17.6 Å². The standard InChI is InChI=1S/C14H17NO5/c1-4-5-8-9-6-13(17)11(19-9)14(8)10(20-13)7(2)15(18-3)12(14)16/h4-5,8-11,17H,2,6H2,1,3H3/b5-4+/t8-,9-,10+,11+,13-,14+/m1/s1. The van der Waals surface area contributed by atoms with Gasteiger partial charge in [-0.3, -0.25) is 9.63 Å². The highest BCUT2D eigenvalue weighted by Gasteiger charge is 2.84. The van der Waals surface area contributed by atoms with Crippen molar-refractivity contribution in [2.45, 2.75) is 37.4 Å². The Hall–Kier alpha value is -1.21. The monoisotopic (exact) mass is 279 g/mol. The molecule has 1 amide bonds. The van der Waals surface area contributed by atoms with Crippen molar-refractivity contribution in [1.82, 2.24) is 5.06 Å². The van der Waals surface area contributed by atoms with E-state index < -0.39 is 23.4 Å². The van der Waals surface area contributed by atoms with Gasteiger partial charge in [0, 0.05) is 12.3 Å². The molecule has 1 N–H and O–H groups in total. The first-order valence-electron chi connectivity index (χ1n) is 6.76. The van der Waals surface area contributed by atoms with Gasteiger partial charge in [0.15, 0.2) is 5.79 Å². The Kier molecular flexibility index (Phi) is 2.20. The summed E-state index contributed by atoms with van der Waals surface area (Å²) in [7, 11) is 1.42. The number of carbonyl (C=O) groups is 1. The van der Waals surface area contributed by atoms with Gasteiger partial charge in [-0.25, -0.2) is 0 Å². The summed E-state index contributed by atoms with van der Waals surface area (Å²) in [5, 5.41) is 11.8. The summed E-state index contributed by atoms with van der Waals surface area (Å²) in [5.41, 5.74) is -0.517. The maximum atomic E-state index is 12.9. The van der Waals surface area contributed by atoms with Crippen molar-refractivity contribution in [2.75, 3.05) is 7.11 Å². The van der Waals surface area contributed by atoms with E-state index in [0.717, 1.165) is 0 Å². The van der Waals surface area contributed by atoms with Crippen LogP contribution in [-0.2, 0) is 19.1 Å². The van der Waals surface area contributed by atoms with Crippen LogP contribution in [-0.4, -0.2) is 47.3 Å². The van der Waals surface area contributed by atoms with Gasteiger partial charge in [0.05, 0.1) is 18.9 Å². The molecule has 4 fully saturated rings. The second-order valence-corrected chi connectivity index (χ2v) is 5.86. The van der Waals surface area contributed by atoms with Crippen LogP contribution in [0.25, 0.3) is 0 Å². The number of allylic oxidation sites excluding steroid dienone is 1. The first kappa shape index (κ1) is 12.5. The van der Waals surface area contributed by atoms with E-state index in [1.54, 1.807) is 0 Å². The molecule has 0 aromatic rings. The van der Waals surface area contributed by atoms with Crippen LogP contribution in [0.2, 0.25) is 0 Å². The predicted molar refractivity (Wildman–Crippen MR) is 66.8 cm³/mol. The minimum absolute atomic E-state index is 0.130. The molecule has 20 heavy (non-hydrogen) atoms. The van der Waals surface area contributed by atoms with Crippen molar-refractivity contribution in [2.24, 2.45) is 11.3 Å². The normalized spacial score (nSPS) is 52.6. The van der Waals surface area contributed by atoms with Gasteiger partial charge < -0.3 is 14.6 Å². The summed E-state index contributed by atoms with van der Waals surface area (Å²) < 4.78 is 11.7. The van der Waals surface area contributed by atoms with E-state index in [-0.39, 0.29) is 17.9 Å². The Balaban J connectivity index is 1.91. The highest BCUT2D eigenvalue weighted by Crippen LogP contribution is 2.68. The number of hydroxylamine groups is 2. The molecule has 108 valence electrons. The van der Waals surface area contributed by atoms with E-state index in [0.29, 0.717) is 12.1 Å². The fourth-order valence-corrected chi connectivity index (χ4v) is 4.44. The molecule has 0 aliphatic carbocycles. The smallest absolute Gasteiger partial charge is 0.263 e. The number of carbonyl (C=O) groups excluding carboxylic acids is 1. The van der Waals surface area contributed by atoms with Gasteiger partial charge in [-0.2, -0.15) is 5.06 Å². The molecule has 6 atom stereocenters. The number of hydrogen-bond acceptors (Lipinski definition) is 5. The lowest BCUT2D eigenvalue weighted by Crippen LogP contribution is -2.53. The molecule has 4 rings (SSSR count). The van der Waals surface area contributed by atoms with Crippen molar-refractivity contribution in [3.05, 3.63) is 24.4 Å². The molecule has 6 nitrogen and oxygen atoms in total. The lowest BCUT2D eigenvalue weighted by molar-refractivity contribution is -0.210. The van der Waals surface area contributed by atoms with Crippen molar-refractivity contribution >= 4 is 5.91 Å². The number of nitrogens with zero attached hydrogens (tertiary/aromatic N) is 1. The first-order chi connectivity index (χ1) is 9.50. The number of hydrogen-bond donors (Lipinski definition) is 1. The third-order valence-corrected chi connectivity index (χ3v) is 5.06. The quantitative estimate of drug-likeness (QED) is 0.738. The summed E-state index contributed by atoms with van der Waals surface area (Å²) in [6.45, 7) is 5.80. The van der Waals surface area contributed by atoms with Gasteiger partial charge in [0.25, 0.3) is 5.91 Å². The molecule has 0 radical (unpaired) electrons. The van der Waals surface area contributed by atoms with E-state index in [1.807, 2.05) is 19.1 Å². The van der Waals surface area contributed by atoms with Crippen LogP contribution >= 0.6 is 0 Å². The zero-order chi connectivity index (χ0) is 14.3. The minimum atomic E-state index is -1.38. The number of aliphatic hydroxyl groups is 1. The lowest BCUT2D eigenvalue weighted by Gasteiger charge is -2.34. The molecule has 2 bridgehead atoms. The van der Waals surface area contributed by atoms with Gasteiger partial charge in [-0.15, -0.1) is 0 Å². The molecule has 0 aromatic heterocycles. The summed E-state index contributed by atoms with van der Waals surface area (Å²) in [4.78, 5) is 18.0. The molecule has 4 aliphatic rings. The number of rotatable bonds is 2. The van der Waals surface area contributed by atoms with Gasteiger partial charge in [-0.1, -0.05) is 18.7 Å². The van der Waals surface area contributed by atoms with E-state index in [9.17, 15) is 9.90 Å². The van der Waals surface area contributed by atoms with Crippen LogP contribution in [0.4, 0.5) is 0 Å². The number of ether oxygens (including phenoxy) is 2. The Morgan fingerprint density at radius 2 is 2.35 bits per heavy atom. The van der Waals surface area contributed by atoms with Crippen LogP contribution < -0.4 is 0 Å². The topological polar surface area (TPSA) is 68.2 Å². The highest BCUT2D eigenvalue weighted by molar-refractivity contribution is 5.91. The van der Waals surface area contributed by atoms with E-state index in [4.69, 9.17) is 14.3 Å². The third kappa shape index (κ3) is 1.03. The second kappa shape index (κ2) is 3.51. The fraction of sp³-hybridized carbons (Fsp3) is 0.643. The molecule has 1 spiro atoms. The van der Waals surface area contributed by atoms with Crippen LogP contribution in [0.3, 0.4) is 0 Å². The predicted octanol–water partition coefficient (Wildman–Crippen LogP) is 0.341. The Morgan fingerprint density at radius 1 is 1.60 bits per heavy atom. The Morgan fingerprint density at radius 3 is 3.00 bits per heavy atom. The van der Waals surface area contributed by atoms with Crippen molar-refractivity contribution < 1.29 is 24.2 Å². The van der Waals surface area contributed by atoms with E-state index in [2.05, 4.69) is 6.58 Å². The molecular formula is C14H17NO5. The Labute approximate surface area is 116 Å². The molecule has 0 aromatic carbocycles. The van der Waals surface area contributed by atoms with E-state index >= 15 is 0 Å². The number of amides is 1. The van der Waals surface area contributed by atoms with Gasteiger partial charge in [-0.05, 0) is 6.92 Å². The second-order valence-electron chi connectivity index (χ2n) is 5.86. The molecule has 4 heterocycles. The van der Waals surface area contributed by atoms with Crippen LogP contribution in [0.5, 0.6) is 0 Å². The van der Waals surface area contributed by atoms with Crippen molar-refractivity contribution in [1.29, 1.82) is 0 Å². The average molecular weight is 279 g/mol. The first-order valence-corrected chi connectivity index (χ1v) is 6.76. The highest BCUT2D eigenvalue weighted by atomic mass is 16.7. The largest absolute Gasteiger partial charge is 0.367 e. The van der Waals surface area contributed by atoms with Crippen LogP contribution in [0.1, 0.15) is 13.3 Å². The maximum Gasteiger partial charge on any atom is 0.263 e. The van der Waals surface area contributed by atoms with Gasteiger partial charge >= 0.3 is 0 Å². The fourth-order valence-electron chi connectivity index (χ4n) is 4.44. The molecule has 0 unspecified atom stereocenters. The third-order valence-electron chi connectivity index (χ3n) is 5.06. The van der Waals surface area contributed by atoms with Crippen molar-refractivity contribution in [3.63, 3.8) is 0 Å². The molecular weight excluding hydrogens is 262 g/mol. The molecule has 6 heteroatoms. The van der Waals surface area contributed by atoms with Gasteiger partial charge in [0.2, 0.25) is 0 Å². The molecule has 0 saturated carbocycles. The van der Waals surface area contributed by atoms with Crippen molar-refractivity contribution in [3.8, 4) is 0 Å². The SMILES string of the molecule is C=C1[C@@H]2O[C@]3(O)C[C@H]4O[C@@H]3[C@]2(C(=O)N1OC)[C@@H]4/C=C/C. The lowest BCUT2D eigenvalue weighted by atomic mass is 9.64. The Bertz CT molecular complexity index is 546. The molecule has 4 saturated heterocycles. The average Bonchev–Trinajstić information content (AvgIpc) is 2.99.